The van der Waals surface area contributed by atoms with Crippen LogP contribution < -0.4 is 0 Å². The van der Waals surface area contributed by atoms with E-state index < -0.39 is 6.10 Å². The van der Waals surface area contributed by atoms with E-state index in [1.165, 1.54) is 0 Å². The molecule has 2 aliphatic heterocycles. The third-order valence-electron chi connectivity index (χ3n) is 3.62. The molecule has 0 radical (unpaired) electrons. The zero-order valence-corrected chi connectivity index (χ0v) is 11.1. The number of aliphatic hydroxyl groups is 1. The predicted octanol–water partition coefficient (Wildman–Crippen LogP) is 0.0841. The van der Waals surface area contributed by atoms with Gasteiger partial charge in [0.1, 0.15) is 0 Å². The van der Waals surface area contributed by atoms with Crippen LogP contribution in [0.15, 0.2) is 0 Å². The van der Waals surface area contributed by atoms with Gasteiger partial charge in [-0.15, -0.1) is 0 Å². The van der Waals surface area contributed by atoms with Gasteiger partial charge in [-0.05, 0) is 12.3 Å². The zero-order chi connectivity index (χ0) is 13.3. The highest BCUT2D eigenvalue weighted by Crippen LogP contribution is 2.23. The second kappa shape index (κ2) is 5.26. The molecule has 2 fully saturated rings. The van der Waals surface area contributed by atoms with Crippen molar-refractivity contribution in [3.05, 3.63) is 0 Å². The van der Waals surface area contributed by atoms with E-state index in [-0.39, 0.29) is 17.7 Å². The van der Waals surface area contributed by atoms with Crippen LogP contribution in [0.25, 0.3) is 0 Å². The lowest BCUT2D eigenvalue weighted by Crippen LogP contribution is -2.36. The van der Waals surface area contributed by atoms with Crippen molar-refractivity contribution in [2.75, 3.05) is 26.2 Å². The number of β-amino-alcohol motifs (C(OH)–C–C–N with tert-alkyl or cyclic N) is 1. The highest BCUT2D eigenvalue weighted by Gasteiger charge is 2.38. The van der Waals surface area contributed by atoms with E-state index in [1.54, 1.807) is 9.80 Å². The molecule has 0 aromatic heterocycles. The lowest BCUT2D eigenvalue weighted by molar-refractivity contribution is -0.135. The molecule has 0 bridgehead atoms. The lowest BCUT2D eigenvalue weighted by atomic mass is 10.1. The lowest BCUT2D eigenvalue weighted by Gasteiger charge is -2.21. The van der Waals surface area contributed by atoms with Crippen molar-refractivity contribution >= 4 is 11.8 Å². The molecule has 0 aromatic carbocycles. The van der Waals surface area contributed by atoms with Gasteiger partial charge in [0.05, 0.1) is 12.0 Å². The first-order valence-corrected chi connectivity index (χ1v) is 6.72. The normalized spacial score (nSPS) is 28.6. The number of aliphatic hydroxyl groups excluding tert-OH is 1. The smallest absolute Gasteiger partial charge is 0.228 e. The molecular formula is C13H22N2O3. The van der Waals surface area contributed by atoms with Crippen molar-refractivity contribution < 1.29 is 14.7 Å². The van der Waals surface area contributed by atoms with Crippen molar-refractivity contribution in [2.45, 2.75) is 32.8 Å². The molecular weight excluding hydrogens is 232 g/mol. The Kier molecular flexibility index (Phi) is 3.90. The summed E-state index contributed by atoms with van der Waals surface area (Å²) in [4.78, 5) is 27.5. The molecule has 2 heterocycles. The summed E-state index contributed by atoms with van der Waals surface area (Å²) >= 11 is 0. The van der Waals surface area contributed by atoms with E-state index in [9.17, 15) is 14.7 Å². The van der Waals surface area contributed by atoms with E-state index in [1.807, 2.05) is 0 Å². The van der Waals surface area contributed by atoms with Crippen LogP contribution in [0.4, 0.5) is 0 Å². The van der Waals surface area contributed by atoms with Gasteiger partial charge in [0.25, 0.3) is 0 Å². The Morgan fingerprint density at radius 1 is 1.44 bits per heavy atom. The summed E-state index contributed by atoms with van der Waals surface area (Å²) < 4.78 is 0. The molecule has 1 N–H and O–H groups in total. The first kappa shape index (κ1) is 13.3. The molecule has 2 saturated heterocycles. The Morgan fingerprint density at radius 3 is 2.72 bits per heavy atom. The van der Waals surface area contributed by atoms with Gasteiger partial charge in [-0.3, -0.25) is 9.59 Å². The number of carbonyl (C=O) groups excluding carboxylic acids is 2. The van der Waals surface area contributed by atoms with Gasteiger partial charge in [0.15, 0.2) is 0 Å². The first-order valence-electron chi connectivity index (χ1n) is 6.72. The van der Waals surface area contributed by atoms with Crippen LogP contribution in [0.3, 0.4) is 0 Å². The summed E-state index contributed by atoms with van der Waals surface area (Å²) in [6, 6.07) is 0. The molecule has 18 heavy (non-hydrogen) atoms. The van der Waals surface area contributed by atoms with Crippen molar-refractivity contribution in [1.29, 1.82) is 0 Å². The largest absolute Gasteiger partial charge is 0.391 e. The van der Waals surface area contributed by atoms with Crippen molar-refractivity contribution in [3.63, 3.8) is 0 Å². The van der Waals surface area contributed by atoms with Crippen molar-refractivity contribution in [2.24, 2.45) is 11.8 Å². The molecule has 5 heteroatoms. The highest BCUT2D eigenvalue weighted by molar-refractivity contribution is 5.89. The number of hydrogen-bond donors (Lipinski definition) is 1. The van der Waals surface area contributed by atoms with Gasteiger partial charge in [0, 0.05) is 32.6 Å². The predicted molar refractivity (Wildman–Crippen MR) is 66.7 cm³/mol. The average molecular weight is 254 g/mol. The summed E-state index contributed by atoms with van der Waals surface area (Å²) in [6.45, 7) is 6.45. The monoisotopic (exact) mass is 254 g/mol. The van der Waals surface area contributed by atoms with Crippen molar-refractivity contribution in [3.8, 4) is 0 Å². The van der Waals surface area contributed by atoms with Gasteiger partial charge < -0.3 is 14.9 Å². The Bertz CT molecular complexity index is 343. The minimum Gasteiger partial charge on any atom is -0.391 e. The molecule has 5 nitrogen and oxygen atoms in total. The number of likely N-dealkylation sites (tertiary alicyclic amines) is 2. The van der Waals surface area contributed by atoms with Crippen LogP contribution in [-0.2, 0) is 9.59 Å². The fourth-order valence-corrected chi connectivity index (χ4v) is 2.76. The molecule has 2 atom stereocenters. The summed E-state index contributed by atoms with van der Waals surface area (Å²) in [7, 11) is 0. The van der Waals surface area contributed by atoms with Gasteiger partial charge in [-0.2, -0.15) is 0 Å². The molecule has 2 rings (SSSR count). The average Bonchev–Trinajstić information content (AvgIpc) is 2.85. The highest BCUT2D eigenvalue weighted by atomic mass is 16.3. The summed E-state index contributed by atoms with van der Waals surface area (Å²) in [5.74, 6) is 0.339. The van der Waals surface area contributed by atoms with E-state index in [0.717, 1.165) is 6.54 Å². The topological polar surface area (TPSA) is 60.9 Å². The fourth-order valence-electron chi connectivity index (χ4n) is 2.76. The van der Waals surface area contributed by atoms with Crippen LogP contribution in [0.1, 0.15) is 26.7 Å². The second-order valence-corrected chi connectivity index (χ2v) is 5.82. The Morgan fingerprint density at radius 2 is 2.17 bits per heavy atom. The second-order valence-electron chi connectivity index (χ2n) is 5.82. The summed E-state index contributed by atoms with van der Waals surface area (Å²) in [6.07, 6.45) is 0.595. The maximum atomic E-state index is 12.2. The third-order valence-corrected chi connectivity index (χ3v) is 3.62. The van der Waals surface area contributed by atoms with E-state index in [4.69, 9.17) is 0 Å². The minimum absolute atomic E-state index is 0.0335. The zero-order valence-electron chi connectivity index (χ0n) is 11.1. The number of amides is 2. The van der Waals surface area contributed by atoms with Crippen LogP contribution in [0.5, 0.6) is 0 Å². The maximum absolute atomic E-state index is 12.2. The summed E-state index contributed by atoms with van der Waals surface area (Å²) in [5.41, 5.74) is 0. The first-order chi connectivity index (χ1) is 8.47. The number of carbonyl (C=O) groups is 2. The molecule has 102 valence electrons. The number of hydrogen-bond acceptors (Lipinski definition) is 3. The van der Waals surface area contributed by atoms with E-state index in [0.29, 0.717) is 38.4 Å². The van der Waals surface area contributed by atoms with E-state index >= 15 is 0 Å². The number of nitrogens with zero attached hydrogens (tertiary/aromatic N) is 2. The number of rotatable bonds is 3. The van der Waals surface area contributed by atoms with Gasteiger partial charge in [0.2, 0.25) is 11.8 Å². The molecule has 0 saturated carbocycles. The van der Waals surface area contributed by atoms with Gasteiger partial charge in [-0.25, -0.2) is 0 Å². The van der Waals surface area contributed by atoms with Crippen LogP contribution in [0.2, 0.25) is 0 Å². The standard InChI is InChI=1S/C13H22N2O3/c1-9(2)6-15-7-10(5-12(15)17)13(18)14-4-3-11(16)8-14/h9-11,16H,3-8H2,1-2H3. The van der Waals surface area contributed by atoms with Crippen LogP contribution in [0, 0.1) is 11.8 Å². The Balaban J connectivity index is 1.91. The van der Waals surface area contributed by atoms with Crippen LogP contribution >= 0.6 is 0 Å². The quantitative estimate of drug-likeness (QED) is 0.776. The van der Waals surface area contributed by atoms with Crippen LogP contribution in [-0.4, -0.2) is 59.0 Å². The third kappa shape index (κ3) is 2.83. The molecule has 0 aliphatic carbocycles. The fraction of sp³-hybridized carbons (Fsp3) is 0.846. The molecule has 2 aliphatic rings. The Hall–Kier alpha value is -1.10. The molecule has 0 spiro atoms. The van der Waals surface area contributed by atoms with Gasteiger partial charge in [-0.1, -0.05) is 13.8 Å². The van der Waals surface area contributed by atoms with Gasteiger partial charge >= 0.3 is 0 Å². The molecule has 2 amide bonds. The SMILES string of the molecule is CC(C)CN1CC(C(=O)N2CCC(O)C2)CC1=O. The Labute approximate surface area is 108 Å². The summed E-state index contributed by atoms with van der Waals surface area (Å²) in [5, 5.41) is 9.44. The van der Waals surface area contributed by atoms with Crippen molar-refractivity contribution in [1.82, 2.24) is 9.80 Å². The minimum atomic E-state index is -0.391. The maximum Gasteiger partial charge on any atom is 0.228 e. The van der Waals surface area contributed by atoms with E-state index in [2.05, 4.69) is 13.8 Å². The molecule has 0 aromatic rings. The molecule has 2 unspecified atom stereocenters.